The molecule has 0 fully saturated rings. The molecule has 0 heterocycles. The number of anilines is 1. The van der Waals surface area contributed by atoms with Crippen molar-refractivity contribution in [3.05, 3.63) is 53.6 Å². The molecule has 2 aromatic carbocycles. The molecule has 2 unspecified atom stereocenters. The molecule has 0 saturated carbocycles. The number of nitrogens with zero attached hydrogens (tertiary/aromatic N) is 1. The standard InChI is InChI=1S/C22H30N2O5S/c1-15-7-8-16(2)21(13-15)24(30(6,26)27)18(4)22(25)23-17(3)14-29-20-11-9-19(28-5)10-12-20/h7-13,17-18H,14H2,1-6H3,(H,23,25). The van der Waals surface area contributed by atoms with E-state index in [4.69, 9.17) is 9.47 Å². The molecule has 1 N–H and O–H groups in total. The highest BCUT2D eigenvalue weighted by Gasteiger charge is 2.30. The van der Waals surface area contributed by atoms with E-state index in [-0.39, 0.29) is 12.6 Å². The lowest BCUT2D eigenvalue weighted by molar-refractivity contribution is -0.122. The highest BCUT2D eigenvalue weighted by molar-refractivity contribution is 7.92. The smallest absolute Gasteiger partial charge is 0.243 e. The van der Waals surface area contributed by atoms with Crippen molar-refractivity contribution in [3.8, 4) is 11.5 Å². The van der Waals surface area contributed by atoms with Crippen LogP contribution in [-0.4, -0.2) is 46.4 Å². The molecular weight excluding hydrogens is 404 g/mol. The zero-order chi connectivity index (χ0) is 22.5. The first-order valence-corrected chi connectivity index (χ1v) is 11.5. The van der Waals surface area contributed by atoms with E-state index in [2.05, 4.69) is 5.32 Å². The summed E-state index contributed by atoms with van der Waals surface area (Å²) in [6.07, 6.45) is 1.11. The van der Waals surface area contributed by atoms with Crippen LogP contribution < -0.4 is 19.1 Å². The maximum Gasteiger partial charge on any atom is 0.243 e. The van der Waals surface area contributed by atoms with E-state index in [1.54, 1.807) is 51.3 Å². The number of methoxy groups -OCH3 is 1. The third-order valence-corrected chi connectivity index (χ3v) is 5.87. The van der Waals surface area contributed by atoms with E-state index < -0.39 is 22.0 Å². The van der Waals surface area contributed by atoms with Gasteiger partial charge >= 0.3 is 0 Å². The maximum atomic E-state index is 12.8. The average Bonchev–Trinajstić information content (AvgIpc) is 2.68. The molecule has 0 radical (unpaired) electrons. The number of carbonyl (C=O) groups is 1. The van der Waals surface area contributed by atoms with Crippen molar-refractivity contribution in [1.82, 2.24) is 5.32 Å². The summed E-state index contributed by atoms with van der Waals surface area (Å²) in [4.78, 5) is 12.8. The second-order valence-electron chi connectivity index (χ2n) is 7.42. The number of hydrogen-bond donors (Lipinski definition) is 1. The van der Waals surface area contributed by atoms with Crippen LogP contribution in [0.2, 0.25) is 0 Å². The summed E-state index contributed by atoms with van der Waals surface area (Å²) in [6.45, 7) is 7.33. The van der Waals surface area contributed by atoms with Crippen molar-refractivity contribution in [2.75, 3.05) is 24.3 Å². The van der Waals surface area contributed by atoms with Crippen LogP contribution >= 0.6 is 0 Å². The summed E-state index contributed by atoms with van der Waals surface area (Å²) in [5.74, 6) is 0.982. The van der Waals surface area contributed by atoms with Crippen LogP contribution in [-0.2, 0) is 14.8 Å². The monoisotopic (exact) mass is 434 g/mol. The van der Waals surface area contributed by atoms with Gasteiger partial charge in [-0.15, -0.1) is 0 Å². The summed E-state index contributed by atoms with van der Waals surface area (Å²) >= 11 is 0. The van der Waals surface area contributed by atoms with Crippen LogP contribution in [0.25, 0.3) is 0 Å². The number of benzene rings is 2. The summed E-state index contributed by atoms with van der Waals surface area (Å²) in [6, 6.07) is 11.4. The molecule has 0 saturated heterocycles. The van der Waals surface area contributed by atoms with Gasteiger partial charge in [-0.1, -0.05) is 12.1 Å². The van der Waals surface area contributed by atoms with Crippen LogP contribution in [0, 0.1) is 13.8 Å². The van der Waals surface area contributed by atoms with Crippen molar-refractivity contribution < 1.29 is 22.7 Å². The molecule has 2 aromatic rings. The molecule has 2 atom stereocenters. The molecule has 0 bridgehead atoms. The quantitative estimate of drug-likeness (QED) is 0.656. The summed E-state index contributed by atoms with van der Waals surface area (Å²) in [5, 5.41) is 2.83. The molecule has 8 heteroatoms. The Morgan fingerprint density at radius 2 is 1.67 bits per heavy atom. The number of carbonyl (C=O) groups excluding carboxylic acids is 1. The summed E-state index contributed by atoms with van der Waals surface area (Å²) in [5.41, 5.74) is 2.20. The van der Waals surface area contributed by atoms with Crippen molar-refractivity contribution in [3.63, 3.8) is 0 Å². The Bertz CT molecular complexity index is 974. The number of aryl methyl sites for hydroxylation is 2. The summed E-state index contributed by atoms with van der Waals surface area (Å²) in [7, 11) is -2.08. The van der Waals surface area contributed by atoms with E-state index in [1.807, 2.05) is 26.0 Å². The summed E-state index contributed by atoms with van der Waals surface area (Å²) < 4.78 is 37.0. The largest absolute Gasteiger partial charge is 0.497 e. The molecule has 2 rings (SSSR count). The first-order valence-electron chi connectivity index (χ1n) is 9.66. The lowest BCUT2D eigenvalue weighted by Crippen LogP contribution is -2.51. The SMILES string of the molecule is COc1ccc(OCC(C)NC(=O)C(C)N(c2cc(C)ccc2C)S(C)(=O)=O)cc1. The zero-order valence-electron chi connectivity index (χ0n) is 18.3. The average molecular weight is 435 g/mol. The molecule has 1 amide bonds. The Morgan fingerprint density at radius 3 is 2.23 bits per heavy atom. The van der Waals surface area contributed by atoms with Gasteiger partial charge in [0, 0.05) is 0 Å². The minimum absolute atomic E-state index is 0.243. The molecule has 0 aromatic heterocycles. The fraction of sp³-hybridized carbons (Fsp3) is 0.409. The molecule has 30 heavy (non-hydrogen) atoms. The number of rotatable bonds is 9. The topological polar surface area (TPSA) is 84.9 Å². The Kier molecular flexibility index (Phi) is 7.72. The van der Waals surface area contributed by atoms with Gasteiger partial charge in [0.2, 0.25) is 15.9 Å². The maximum absolute atomic E-state index is 12.8. The molecule has 0 aliphatic carbocycles. The van der Waals surface area contributed by atoms with Crippen LogP contribution in [0.3, 0.4) is 0 Å². The van der Waals surface area contributed by atoms with E-state index in [9.17, 15) is 13.2 Å². The van der Waals surface area contributed by atoms with Gasteiger partial charge in [0.1, 0.15) is 24.1 Å². The van der Waals surface area contributed by atoms with Gasteiger partial charge in [0.15, 0.2) is 0 Å². The minimum atomic E-state index is -3.67. The molecular formula is C22H30N2O5S. The lowest BCUT2D eigenvalue weighted by atomic mass is 10.1. The first kappa shape index (κ1) is 23.5. The second-order valence-corrected chi connectivity index (χ2v) is 9.28. The Balaban J connectivity index is 2.08. The van der Waals surface area contributed by atoms with Crippen LogP contribution in [0.5, 0.6) is 11.5 Å². The van der Waals surface area contributed by atoms with Gasteiger partial charge in [0.25, 0.3) is 0 Å². The van der Waals surface area contributed by atoms with E-state index in [1.165, 1.54) is 4.31 Å². The van der Waals surface area contributed by atoms with Gasteiger partial charge in [-0.3, -0.25) is 9.10 Å². The van der Waals surface area contributed by atoms with Crippen LogP contribution in [0.1, 0.15) is 25.0 Å². The first-order chi connectivity index (χ1) is 14.0. The van der Waals surface area contributed by atoms with Crippen molar-refractivity contribution >= 4 is 21.6 Å². The third kappa shape index (κ3) is 6.13. The predicted molar refractivity (Wildman–Crippen MR) is 119 cm³/mol. The number of nitrogens with one attached hydrogen (secondary N) is 1. The lowest BCUT2D eigenvalue weighted by Gasteiger charge is -2.30. The van der Waals surface area contributed by atoms with Gasteiger partial charge in [-0.05, 0) is 69.2 Å². The van der Waals surface area contributed by atoms with Crippen molar-refractivity contribution in [1.29, 1.82) is 0 Å². The number of amides is 1. The van der Waals surface area contributed by atoms with Gasteiger partial charge in [-0.2, -0.15) is 0 Å². The van der Waals surface area contributed by atoms with Crippen LogP contribution in [0.4, 0.5) is 5.69 Å². The Morgan fingerprint density at radius 1 is 1.07 bits per heavy atom. The number of ether oxygens (including phenoxy) is 2. The second kappa shape index (κ2) is 9.84. The Labute approximate surface area is 179 Å². The van der Waals surface area contributed by atoms with Crippen molar-refractivity contribution in [2.45, 2.75) is 39.8 Å². The van der Waals surface area contributed by atoms with E-state index >= 15 is 0 Å². The third-order valence-electron chi connectivity index (χ3n) is 4.64. The zero-order valence-corrected chi connectivity index (χ0v) is 19.1. The molecule has 0 spiro atoms. The predicted octanol–water partition coefficient (Wildman–Crippen LogP) is 3.05. The molecule has 7 nitrogen and oxygen atoms in total. The fourth-order valence-corrected chi connectivity index (χ4v) is 4.26. The fourth-order valence-electron chi connectivity index (χ4n) is 3.04. The minimum Gasteiger partial charge on any atom is -0.497 e. The van der Waals surface area contributed by atoms with Gasteiger partial charge < -0.3 is 14.8 Å². The highest BCUT2D eigenvalue weighted by atomic mass is 32.2. The van der Waals surface area contributed by atoms with Crippen molar-refractivity contribution in [2.24, 2.45) is 0 Å². The van der Waals surface area contributed by atoms with Gasteiger partial charge in [-0.25, -0.2) is 8.42 Å². The number of hydrogen-bond acceptors (Lipinski definition) is 5. The molecule has 0 aliphatic heterocycles. The molecule has 0 aliphatic rings. The highest BCUT2D eigenvalue weighted by Crippen LogP contribution is 2.26. The number of sulfonamides is 1. The van der Waals surface area contributed by atoms with E-state index in [0.717, 1.165) is 23.1 Å². The molecule has 164 valence electrons. The normalized spacial score (nSPS) is 13.3. The van der Waals surface area contributed by atoms with Gasteiger partial charge in [0.05, 0.1) is 25.1 Å². The Hall–Kier alpha value is -2.74. The van der Waals surface area contributed by atoms with Crippen LogP contribution in [0.15, 0.2) is 42.5 Å². The van der Waals surface area contributed by atoms with E-state index in [0.29, 0.717) is 11.4 Å².